The van der Waals surface area contributed by atoms with Crippen LogP contribution in [0.25, 0.3) is 72.1 Å². The zero-order valence-corrected chi connectivity index (χ0v) is 27.0. The monoisotopic (exact) mass is 611 g/mol. The summed E-state index contributed by atoms with van der Waals surface area (Å²) in [6, 6.07) is 33.8. The van der Waals surface area contributed by atoms with E-state index in [1.165, 1.54) is 33.0 Å². The number of benzene rings is 4. The lowest BCUT2D eigenvalue weighted by atomic mass is 9.87. The van der Waals surface area contributed by atoms with Gasteiger partial charge in [0.05, 0.1) is 28.0 Å². The molecule has 8 rings (SSSR count). The van der Waals surface area contributed by atoms with Gasteiger partial charge in [0.1, 0.15) is 23.2 Å². The van der Waals surface area contributed by atoms with Gasteiger partial charge in [-0.2, -0.15) is 5.26 Å². The van der Waals surface area contributed by atoms with Crippen molar-refractivity contribution in [3.8, 4) is 34.3 Å². The highest BCUT2D eigenvalue weighted by Gasteiger charge is 2.26. The smallest absolute Gasteiger partial charge is 0.228 e. The molecule has 0 amide bonds. The second kappa shape index (κ2) is 10.9. The zero-order chi connectivity index (χ0) is 32.4. The molecule has 0 unspecified atom stereocenters. The predicted molar refractivity (Wildman–Crippen MR) is 190 cm³/mol. The van der Waals surface area contributed by atoms with Crippen molar-refractivity contribution in [2.24, 2.45) is 0 Å². The van der Waals surface area contributed by atoms with Crippen LogP contribution in [0, 0.1) is 18.3 Å². The molecule has 47 heavy (non-hydrogen) atoms. The minimum Gasteiger partial charge on any atom is -0.437 e. The molecule has 4 aromatic carbocycles. The Balaban J connectivity index is 1.46. The molecule has 4 aromatic heterocycles. The highest BCUT2D eigenvalue weighted by Crippen LogP contribution is 2.43. The van der Waals surface area contributed by atoms with E-state index in [0.29, 0.717) is 17.0 Å². The van der Waals surface area contributed by atoms with Crippen LogP contribution in [0.3, 0.4) is 0 Å². The molecular weight excluding hydrogens is 578 g/mol. The fourth-order valence-electron chi connectivity index (χ4n) is 6.85. The largest absolute Gasteiger partial charge is 0.437 e. The summed E-state index contributed by atoms with van der Waals surface area (Å²) in [7, 11) is 0. The number of hydrogen-bond acceptors (Lipinski definition) is 5. The van der Waals surface area contributed by atoms with Crippen molar-refractivity contribution in [3.63, 3.8) is 0 Å². The van der Waals surface area contributed by atoms with Crippen molar-refractivity contribution in [2.45, 2.75) is 46.5 Å². The van der Waals surface area contributed by atoms with Crippen LogP contribution < -0.4 is 0 Å². The molecule has 0 saturated carbocycles. The van der Waals surface area contributed by atoms with Crippen LogP contribution in [0.1, 0.15) is 62.0 Å². The van der Waals surface area contributed by atoms with Crippen molar-refractivity contribution < 1.29 is 4.42 Å². The summed E-state index contributed by atoms with van der Waals surface area (Å²) in [6.45, 7) is 11.1. The summed E-state index contributed by atoms with van der Waals surface area (Å²) in [5.74, 6) is 1.23. The van der Waals surface area contributed by atoms with E-state index < -0.39 is 0 Å². The third kappa shape index (κ3) is 4.58. The van der Waals surface area contributed by atoms with E-state index in [0.717, 1.165) is 44.6 Å². The molecule has 0 saturated heterocycles. The number of nitriles is 1. The molecule has 0 aliphatic rings. The Morgan fingerprint density at radius 3 is 2.26 bits per heavy atom. The summed E-state index contributed by atoms with van der Waals surface area (Å²) < 4.78 is 8.74. The molecular formula is C41H33N5O. The summed E-state index contributed by atoms with van der Waals surface area (Å²) in [4.78, 5) is 14.5. The molecule has 0 aliphatic heterocycles. The number of aryl methyl sites for hydroxylation is 1. The maximum Gasteiger partial charge on any atom is 0.228 e. The standard InChI is InChI=1S/C41H33N5O/c1-23(2)34-20-29(28-14-13-26-9-6-7-10-27(26)19-28)21-35(24(3)4)38(34)46-37-25(5)43-18-17-36(37)45-40(46)33-12-8-11-31-32-16-15-30(22-42)44-41(32)47-39(31)33/h6-21,23-24H,1-5H3. The number of pyridine rings is 2. The topological polar surface area (TPSA) is 80.5 Å². The predicted octanol–water partition coefficient (Wildman–Crippen LogP) is 10.6. The van der Waals surface area contributed by atoms with Crippen LogP contribution >= 0.6 is 0 Å². The Morgan fingerprint density at radius 2 is 1.51 bits per heavy atom. The average molecular weight is 612 g/mol. The van der Waals surface area contributed by atoms with E-state index in [1.807, 2.05) is 37.4 Å². The fraction of sp³-hybridized carbons (Fsp3) is 0.171. The van der Waals surface area contributed by atoms with Crippen molar-refractivity contribution in [2.75, 3.05) is 0 Å². The highest BCUT2D eigenvalue weighted by atomic mass is 16.3. The molecule has 6 heteroatoms. The van der Waals surface area contributed by atoms with E-state index in [2.05, 4.69) is 104 Å². The molecule has 0 N–H and O–H groups in total. The number of para-hydroxylation sites is 1. The van der Waals surface area contributed by atoms with Crippen LogP contribution in [0.15, 0.2) is 102 Å². The number of furan rings is 1. The van der Waals surface area contributed by atoms with E-state index in [9.17, 15) is 5.26 Å². The Bertz CT molecular complexity index is 2530. The first-order valence-corrected chi connectivity index (χ1v) is 16.1. The Kier molecular flexibility index (Phi) is 6.66. The Morgan fingerprint density at radius 1 is 0.745 bits per heavy atom. The van der Waals surface area contributed by atoms with Gasteiger partial charge in [-0.25, -0.2) is 9.97 Å². The van der Waals surface area contributed by atoms with Gasteiger partial charge in [0.2, 0.25) is 5.71 Å². The molecule has 8 aromatic rings. The first kappa shape index (κ1) is 28.7. The second-order valence-electron chi connectivity index (χ2n) is 12.9. The zero-order valence-electron chi connectivity index (χ0n) is 27.0. The number of rotatable bonds is 5. The summed E-state index contributed by atoms with van der Waals surface area (Å²) in [5, 5.41) is 13.7. The minimum atomic E-state index is 0.223. The SMILES string of the molecule is Cc1nccc2nc(-c3cccc4c3oc3nc(C#N)ccc34)n(-c3c(C(C)C)cc(-c4ccc5ccccc5c4)cc3C(C)C)c12. The molecule has 0 atom stereocenters. The molecule has 4 heterocycles. The van der Waals surface area contributed by atoms with Gasteiger partial charge in [-0.05, 0) is 94.3 Å². The molecule has 228 valence electrons. The van der Waals surface area contributed by atoms with Gasteiger partial charge in [-0.3, -0.25) is 9.55 Å². The van der Waals surface area contributed by atoms with Gasteiger partial charge in [0.15, 0.2) is 0 Å². The molecule has 6 nitrogen and oxygen atoms in total. The van der Waals surface area contributed by atoms with E-state index >= 15 is 0 Å². The number of fused-ring (bicyclic) bond motifs is 5. The number of imidazole rings is 1. The van der Waals surface area contributed by atoms with Gasteiger partial charge in [-0.1, -0.05) is 76.2 Å². The third-order valence-electron chi connectivity index (χ3n) is 9.19. The number of hydrogen-bond donors (Lipinski definition) is 0. The van der Waals surface area contributed by atoms with Crippen molar-refractivity contribution in [3.05, 3.63) is 120 Å². The second-order valence-corrected chi connectivity index (χ2v) is 12.9. The molecule has 0 aliphatic carbocycles. The van der Waals surface area contributed by atoms with E-state index in [4.69, 9.17) is 14.4 Å². The summed E-state index contributed by atoms with van der Waals surface area (Å²) >= 11 is 0. The minimum absolute atomic E-state index is 0.223. The van der Waals surface area contributed by atoms with Crippen LogP contribution in [0.2, 0.25) is 0 Å². The van der Waals surface area contributed by atoms with E-state index in [1.54, 1.807) is 6.07 Å². The van der Waals surface area contributed by atoms with E-state index in [-0.39, 0.29) is 11.8 Å². The lowest BCUT2D eigenvalue weighted by Gasteiger charge is -2.24. The number of nitrogens with zero attached hydrogens (tertiary/aromatic N) is 5. The Hall–Kier alpha value is -5.80. The van der Waals surface area contributed by atoms with Gasteiger partial charge in [-0.15, -0.1) is 0 Å². The summed E-state index contributed by atoms with van der Waals surface area (Å²) in [6.07, 6.45) is 1.82. The molecule has 0 fully saturated rings. The van der Waals surface area contributed by atoms with Gasteiger partial charge < -0.3 is 4.42 Å². The van der Waals surface area contributed by atoms with Crippen LogP contribution in [-0.4, -0.2) is 19.5 Å². The number of aromatic nitrogens is 4. The summed E-state index contributed by atoms with van der Waals surface area (Å²) in [5.41, 5.74) is 11.1. The van der Waals surface area contributed by atoms with Crippen molar-refractivity contribution >= 4 is 43.9 Å². The van der Waals surface area contributed by atoms with Gasteiger partial charge >= 0.3 is 0 Å². The molecule has 0 radical (unpaired) electrons. The van der Waals surface area contributed by atoms with Crippen LogP contribution in [-0.2, 0) is 0 Å². The van der Waals surface area contributed by atoms with Crippen molar-refractivity contribution in [1.29, 1.82) is 5.26 Å². The first-order chi connectivity index (χ1) is 22.8. The average Bonchev–Trinajstić information content (AvgIpc) is 3.66. The molecule has 0 spiro atoms. The Labute approximate surface area is 273 Å². The normalized spacial score (nSPS) is 11.9. The highest BCUT2D eigenvalue weighted by molar-refractivity contribution is 6.08. The maximum atomic E-state index is 9.48. The van der Waals surface area contributed by atoms with Crippen LogP contribution in [0.5, 0.6) is 0 Å². The van der Waals surface area contributed by atoms with Crippen molar-refractivity contribution in [1.82, 2.24) is 19.5 Å². The molecule has 0 bridgehead atoms. The first-order valence-electron chi connectivity index (χ1n) is 16.1. The maximum absolute atomic E-state index is 9.48. The third-order valence-corrected chi connectivity index (χ3v) is 9.19. The lowest BCUT2D eigenvalue weighted by molar-refractivity contribution is 0.654. The quantitative estimate of drug-likeness (QED) is 0.193. The fourth-order valence-corrected chi connectivity index (χ4v) is 6.85. The van der Waals surface area contributed by atoms with Gasteiger partial charge in [0.25, 0.3) is 0 Å². The van der Waals surface area contributed by atoms with Crippen LogP contribution in [0.4, 0.5) is 0 Å². The van der Waals surface area contributed by atoms with Gasteiger partial charge in [0, 0.05) is 17.0 Å². The lowest BCUT2D eigenvalue weighted by Crippen LogP contribution is -2.10.